The van der Waals surface area contributed by atoms with Crippen LogP contribution in [-0.2, 0) is 0 Å². The first-order valence-corrected chi connectivity index (χ1v) is 8.08. The Hall–Kier alpha value is -1.02. The SMILES string of the molecule is COc1ccccc1C1CCCCCC1CNC(C)C. The molecular weight excluding hydrogens is 246 g/mol. The highest BCUT2D eigenvalue weighted by molar-refractivity contribution is 5.36. The molecular formula is C18H29NO. The zero-order chi connectivity index (χ0) is 14.4. The van der Waals surface area contributed by atoms with Crippen LogP contribution in [-0.4, -0.2) is 19.7 Å². The Labute approximate surface area is 123 Å². The van der Waals surface area contributed by atoms with Gasteiger partial charge in [-0.05, 0) is 42.9 Å². The lowest BCUT2D eigenvalue weighted by atomic mass is 9.82. The molecule has 1 aliphatic rings. The largest absolute Gasteiger partial charge is 0.496 e. The van der Waals surface area contributed by atoms with Crippen LogP contribution < -0.4 is 10.1 Å². The number of nitrogens with one attached hydrogen (secondary N) is 1. The maximum Gasteiger partial charge on any atom is 0.122 e. The van der Waals surface area contributed by atoms with Gasteiger partial charge < -0.3 is 10.1 Å². The van der Waals surface area contributed by atoms with Crippen LogP contribution in [0.5, 0.6) is 5.75 Å². The van der Waals surface area contributed by atoms with E-state index in [1.54, 1.807) is 7.11 Å². The molecule has 1 saturated carbocycles. The highest BCUT2D eigenvalue weighted by atomic mass is 16.5. The summed E-state index contributed by atoms with van der Waals surface area (Å²) in [6, 6.07) is 9.15. The van der Waals surface area contributed by atoms with Gasteiger partial charge in [-0.2, -0.15) is 0 Å². The molecule has 2 unspecified atom stereocenters. The molecule has 0 radical (unpaired) electrons. The van der Waals surface area contributed by atoms with E-state index in [-0.39, 0.29) is 0 Å². The van der Waals surface area contributed by atoms with Gasteiger partial charge >= 0.3 is 0 Å². The predicted molar refractivity (Wildman–Crippen MR) is 85.4 cm³/mol. The van der Waals surface area contributed by atoms with E-state index < -0.39 is 0 Å². The molecule has 2 rings (SSSR count). The van der Waals surface area contributed by atoms with Gasteiger partial charge in [0.25, 0.3) is 0 Å². The zero-order valence-electron chi connectivity index (χ0n) is 13.2. The molecule has 1 fully saturated rings. The quantitative estimate of drug-likeness (QED) is 0.806. The molecule has 1 aromatic rings. The van der Waals surface area contributed by atoms with Crippen LogP contribution >= 0.6 is 0 Å². The summed E-state index contributed by atoms with van der Waals surface area (Å²) in [5, 5.41) is 3.64. The van der Waals surface area contributed by atoms with Crippen molar-refractivity contribution in [1.29, 1.82) is 0 Å². The molecule has 2 atom stereocenters. The number of methoxy groups -OCH3 is 1. The summed E-state index contributed by atoms with van der Waals surface area (Å²) in [5.74, 6) is 2.44. The molecule has 20 heavy (non-hydrogen) atoms. The van der Waals surface area contributed by atoms with Gasteiger partial charge in [0.2, 0.25) is 0 Å². The minimum absolute atomic E-state index is 0.566. The highest BCUT2D eigenvalue weighted by Gasteiger charge is 2.27. The minimum Gasteiger partial charge on any atom is -0.496 e. The number of hydrogen-bond donors (Lipinski definition) is 1. The zero-order valence-corrected chi connectivity index (χ0v) is 13.2. The average Bonchev–Trinajstić information content (AvgIpc) is 2.70. The Morgan fingerprint density at radius 1 is 1.15 bits per heavy atom. The summed E-state index contributed by atoms with van der Waals surface area (Å²) >= 11 is 0. The van der Waals surface area contributed by atoms with Crippen LogP contribution in [0.25, 0.3) is 0 Å². The first-order valence-electron chi connectivity index (χ1n) is 8.08. The van der Waals surface area contributed by atoms with Gasteiger partial charge in [-0.15, -0.1) is 0 Å². The Kier molecular flexibility index (Phi) is 5.90. The van der Waals surface area contributed by atoms with Crippen LogP contribution in [0.1, 0.15) is 57.4 Å². The van der Waals surface area contributed by atoms with Gasteiger partial charge in [0, 0.05) is 6.04 Å². The normalized spacial score (nSPS) is 23.6. The molecule has 0 heterocycles. The molecule has 112 valence electrons. The Balaban J connectivity index is 2.18. The number of para-hydroxylation sites is 1. The predicted octanol–water partition coefficient (Wildman–Crippen LogP) is 4.36. The summed E-state index contributed by atoms with van der Waals surface area (Å²) in [7, 11) is 1.79. The molecule has 2 heteroatoms. The number of rotatable bonds is 5. The van der Waals surface area contributed by atoms with Crippen molar-refractivity contribution in [1.82, 2.24) is 5.32 Å². The molecule has 0 aromatic heterocycles. The van der Waals surface area contributed by atoms with E-state index in [0.29, 0.717) is 12.0 Å². The maximum atomic E-state index is 5.59. The number of hydrogen-bond acceptors (Lipinski definition) is 2. The molecule has 0 saturated heterocycles. The molecule has 1 aromatic carbocycles. The molecule has 0 bridgehead atoms. The van der Waals surface area contributed by atoms with Crippen molar-refractivity contribution in [3.63, 3.8) is 0 Å². The van der Waals surface area contributed by atoms with Gasteiger partial charge in [0.1, 0.15) is 5.75 Å². The Morgan fingerprint density at radius 2 is 1.90 bits per heavy atom. The lowest BCUT2D eigenvalue weighted by Crippen LogP contribution is -2.31. The fraction of sp³-hybridized carbons (Fsp3) is 0.667. The van der Waals surface area contributed by atoms with Crippen molar-refractivity contribution >= 4 is 0 Å². The first kappa shape index (κ1) is 15.4. The maximum absolute atomic E-state index is 5.59. The van der Waals surface area contributed by atoms with Crippen molar-refractivity contribution in [2.24, 2.45) is 5.92 Å². The fourth-order valence-electron chi connectivity index (χ4n) is 3.40. The second kappa shape index (κ2) is 7.68. The molecule has 2 nitrogen and oxygen atoms in total. The van der Waals surface area contributed by atoms with Crippen LogP contribution in [0.3, 0.4) is 0 Å². The second-order valence-electron chi connectivity index (χ2n) is 6.31. The average molecular weight is 275 g/mol. The van der Waals surface area contributed by atoms with Crippen molar-refractivity contribution in [3.05, 3.63) is 29.8 Å². The van der Waals surface area contributed by atoms with E-state index in [1.807, 2.05) is 0 Å². The van der Waals surface area contributed by atoms with Crippen LogP contribution in [0.15, 0.2) is 24.3 Å². The molecule has 0 spiro atoms. The summed E-state index contributed by atoms with van der Waals surface area (Å²) in [6.07, 6.45) is 6.73. The van der Waals surface area contributed by atoms with Gasteiger partial charge in [-0.25, -0.2) is 0 Å². The smallest absolute Gasteiger partial charge is 0.122 e. The Bertz CT molecular complexity index is 402. The third-order valence-electron chi connectivity index (χ3n) is 4.49. The monoisotopic (exact) mass is 275 g/mol. The lowest BCUT2D eigenvalue weighted by molar-refractivity contribution is 0.346. The molecule has 0 amide bonds. The van der Waals surface area contributed by atoms with E-state index in [4.69, 9.17) is 4.74 Å². The van der Waals surface area contributed by atoms with Gasteiger partial charge in [-0.3, -0.25) is 0 Å². The highest BCUT2D eigenvalue weighted by Crippen LogP contribution is 2.40. The van der Waals surface area contributed by atoms with E-state index in [2.05, 4.69) is 43.4 Å². The molecule has 1 aliphatic carbocycles. The van der Waals surface area contributed by atoms with Gasteiger partial charge in [0.05, 0.1) is 7.11 Å². The van der Waals surface area contributed by atoms with Crippen molar-refractivity contribution < 1.29 is 4.74 Å². The van der Waals surface area contributed by atoms with Gasteiger partial charge in [-0.1, -0.05) is 51.3 Å². The topological polar surface area (TPSA) is 21.3 Å². The van der Waals surface area contributed by atoms with Gasteiger partial charge in [0.15, 0.2) is 0 Å². The third kappa shape index (κ3) is 3.99. The van der Waals surface area contributed by atoms with Crippen molar-refractivity contribution in [3.8, 4) is 5.75 Å². The number of ether oxygens (including phenoxy) is 1. The summed E-state index contributed by atoms with van der Waals surface area (Å²) in [4.78, 5) is 0. The summed E-state index contributed by atoms with van der Waals surface area (Å²) < 4.78 is 5.59. The summed E-state index contributed by atoms with van der Waals surface area (Å²) in [5.41, 5.74) is 1.41. The lowest BCUT2D eigenvalue weighted by Gasteiger charge is -2.28. The van der Waals surface area contributed by atoms with E-state index in [1.165, 1.54) is 37.7 Å². The molecule has 0 aliphatic heterocycles. The second-order valence-corrected chi connectivity index (χ2v) is 6.31. The van der Waals surface area contributed by atoms with Crippen LogP contribution in [0.4, 0.5) is 0 Å². The number of benzene rings is 1. The standard InChI is InChI=1S/C18H29NO/c1-14(2)19-13-15-9-5-4-6-10-16(15)17-11-7-8-12-18(17)20-3/h7-8,11-12,14-16,19H,4-6,9-10,13H2,1-3H3. The Morgan fingerprint density at radius 3 is 2.65 bits per heavy atom. The first-order chi connectivity index (χ1) is 9.72. The van der Waals surface area contributed by atoms with E-state index in [0.717, 1.165) is 18.2 Å². The van der Waals surface area contributed by atoms with Crippen LogP contribution in [0, 0.1) is 5.92 Å². The van der Waals surface area contributed by atoms with Crippen LogP contribution in [0.2, 0.25) is 0 Å². The third-order valence-corrected chi connectivity index (χ3v) is 4.49. The van der Waals surface area contributed by atoms with Crippen molar-refractivity contribution in [2.75, 3.05) is 13.7 Å². The minimum atomic E-state index is 0.566. The van der Waals surface area contributed by atoms with E-state index >= 15 is 0 Å². The fourth-order valence-corrected chi connectivity index (χ4v) is 3.40. The van der Waals surface area contributed by atoms with E-state index in [9.17, 15) is 0 Å². The van der Waals surface area contributed by atoms with Crippen molar-refractivity contribution in [2.45, 2.75) is 57.9 Å². The molecule has 1 N–H and O–H groups in total. The summed E-state index contributed by atoms with van der Waals surface area (Å²) in [6.45, 7) is 5.59.